The number of halogens is 1. The van der Waals surface area contributed by atoms with Gasteiger partial charge in [0.05, 0.1) is 31.8 Å². The number of nitrogens with zero attached hydrogens (tertiary/aromatic N) is 3. The summed E-state index contributed by atoms with van der Waals surface area (Å²) in [6, 6.07) is 5.08. The number of hydrogen-bond acceptors (Lipinski definition) is 8. The molecule has 0 saturated carbocycles. The lowest BCUT2D eigenvalue weighted by Crippen LogP contribution is -2.58. The summed E-state index contributed by atoms with van der Waals surface area (Å²) >= 11 is 0. The molecule has 0 spiro atoms. The van der Waals surface area contributed by atoms with Crippen molar-refractivity contribution in [2.45, 2.75) is 77.2 Å². The van der Waals surface area contributed by atoms with E-state index in [1.54, 1.807) is 4.90 Å². The predicted molar refractivity (Wildman–Crippen MR) is 171 cm³/mol. The highest BCUT2D eigenvalue weighted by Gasteiger charge is 2.39. The van der Waals surface area contributed by atoms with Crippen LogP contribution >= 0.6 is 0 Å². The van der Waals surface area contributed by atoms with Gasteiger partial charge in [-0.15, -0.1) is 0 Å². The molecule has 1 aromatic carbocycles. The Morgan fingerprint density at radius 2 is 1.80 bits per heavy atom. The number of aliphatic hydroxyl groups excluding tert-OH is 1. The average Bonchev–Trinajstić information content (AvgIpc) is 3.03. The van der Waals surface area contributed by atoms with Gasteiger partial charge in [0, 0.05) is 38.3 Å². The predicted octanol–water partition coefficient (Wildman–Crippen LogP) is 4.88. The molecule has 1 unspecified atom stereocenters. The number of fused-ring (bicyclic) bond motifs is 3. The van der Waals surface area contributed by atoms with Crippen molar-refractivity contribution in [1.82, 2.24) is 9.80 Å². The van der Waals surface area contributed by atoms with Crippen molar-refractivity contribution in [3.05, 3.63) is 47.3 Å². The number of rotatable bonds is 5. The van der Waals surface area contributed by atoms with Crippen LogP contribution in [0.2, 0.25) is 0 Å². The number of aliphatic hydroxyl groups is 1. The fourth-order valence-electron chi connectivity index (χ4n) is 7.19. The number of morpholine rings is 1. The van der Waals surface area contributed by atoms with Gasteiger partial charge in [0.2, 0.25) is 0 Å². The number of ether oxygens (including phenoxy) is 3. The molecule has 2 bridgehead atoms. The molecule has 1 N–H and O–H groups in total. The monoisotopic (exact) mass is 627 g/mol. The number of hydrogen-bond donors (Lipinski definition) is 1. The zero-order valence-corrected chi connectivity index (χ0v) is 27.2. The molecular formula is C35H50FN3O6. The van der Waals surface area contributed by atoms with Gasteiger partial charge in [0.25, 0.3) is 0 Å². The Bertz CT molecular complexity index is 1240. The number of amides is 1. The molecule has 6 atom stereocenters. The summed E-state index contributed by atoms with van der Waals surface area (Å²) < 4.78 is 32.2. The van der Waals surface area contributed by atoms with Crippen LogP contribution in [0.3, 0.4) is 0 Å². The summed E-state index contributed by atoms with van der Waals surface area (Å²) in [5.74, 6) is -0.665. The van der Waals surface area contributed by atoms with E-state index >= 15 is 0 Å². The van der Waals surface area contributed by atoms with E-state index in [-0.39, 0.29) is 36.2 Å². The summed E-state index contributed by atoms with van der Waals surface area (Å²) in [6.07, 6.45) is 6.39. The van der Waals surface area contributed by atoms with E-state index < -0.39 is 24.3 Å². The lowest BCUT2D eigenvalue weighted by atomic mass is 9.83. The summed E-state index contributed by atoms with van der Waals surface area (Å²) in [7, 11) is 1.84. The number of carbonyl (C=O) groups excluding carboxylic acids is 2. The van der Waals surface area contributed by atoms with E-state index in [9.17, 15) is 19.1 Å². The highest BCUT2D eigenvalue weighted by Crippen LogP contribution is 2.32. The Hall–Kier alpha value is -2.95. The van der Waals surface area contributed by atoms with Crippen molar-refractivity contribution in [1.29, 1.82) is 0 Å². The molecule has 45 heavy (non-hydrogen) atoms. The standard InChI is InChI=1S/C35H50FN3O6/c1-23-5-7-30(40)21-33(41)45-34(25(3)17-26-18-28(36)20-29(19-26)39-13-15-43-16-14-39)24(2)6-8-32(23)44-35(42)37(4)31-22-38-11-9-27(31)10-12-38/h6,8,17-20,23-24,27,30-32,34,40H,5,7,9-16,21-22H2,1-4H3/b8-6+,25-17+/t23-,24-,30+,31?,32-,34-/m0/s1. The van der Waals surface area contributed by atoms with Crippen LogP contribution in [0.4, 0.5) is 14.9 Å². The number of anilines is 1. The Labute approximate surface area is 267 Å². The van der Waals surface area contributed by atoms with Gasteiger partial charge < -0.3 is 34.0 Å². The second-order valence-corrected chi connectivity index (χ2v) is 13.5. The quantitative estimate of drug-likeness (QED) is 0.365. The normalized spacial score (nSPS) is 33.9. The third-order valence-electron chi connectivity index (χ3n) is 10.0. The molecule has 4 fully saturated rings. The van der Waals surface area contributed by atoms with Gasteiger partial charge in [-0.25, -0.2) is 9.18 Å². The Morgan fingerprint density at radius 3 is 2.49 bits per heavy atom. The van der Waals surface area contributed by atoms with Gasteiger partial charge >= 0.3 is 12.1 Å². The summed E-state index contributed by atoms with van der Waals surface area (Å²) in [5, 5.41) is 10.7. The van der Waals surface area contributed by atoms with Crippen LogP contribution in [0.5, 0.6) is 0 Å². The van der Waals surface area contributed by atoms with Crippen LogP contribution in [0.15, 0.2) is 35.9 Å². The third-order valence-corrected chi connectivity index (χ3v) is 10.0. The van der Waals surface area contributed by atoms with Crippen molar-refractivity contribution < 1.29 is 33.3 Å². The lowest BCUT2D eigenvalue weighted by molar-refractivity contribution is -0.151. The second-order valence-electron chi connectivity index (χ2n) is 13.5. The number of esters is 1. The van der Waals surface area contributed by atoms with Crippen LogP contribution in [0.1, 0.15) is 58.4 Å². The smallest absolute Gasteiger partial charge is 0.410 e. The van der Waals surface area contributed by atoms with Crippen molar-refractivity contribution >= 4 is 23.8 Å². The fourth-order valence-corrected chi connectivity index (χ4v) is 7.19. The Balaban J connectivity index is 1.35. The fraction of sp³-hybridized carbons (Fsp3) is 0.657. The summed E-state index contributed by atoms with van der Waals surface area (Å²) in [5.41, 5.74) is 2.20. The van der Waals surface area contributed by atoms with E-state index in [1.165, 1.54) is 12.1 Å². The van der Waals surface area contributed by atoms with Crippen molar-refractivity contribution in [3.8, 4) is 0 Å². The summed E-state index contributed by atoms with van der Waals surface area (Å²) in [6.45, 7) is 11.5. The van der Waals surface area contributed by atoms with Gasteiger partial charge in [-0.3, -0.25) is 4.79 Å². The van der Waals surface area contributed by atoms with Crippen LogP contribution in [0, 0.1) is 23.6 Å². The molecule has 1 aromatic rings. The van der Waals surface area contributed by atoms with Crippen LogP contribution in [-0.2, 0) is 19.0 Å². The maximum absolute atomic E-state index is 14.7. The summed E-state index contributed by atoms with van der Waals surface area (Å²) in [4.78, 5) is 32.6. The third kappa shape index (κ3) is 8.65. The van der Waals surface area contributed by atoms with Gasteiger partial charge in [0.1, 0.15) is 18.0 Å². The molecule has 5 heterocycles. The zero-order chi connectivity index (χ0) is 32.1. The molecule has 0 radical (unpaired) electrons. The largest absolute Gasteiger partial charge is 0.457 e. The number of piperidine rings is 3. The highest BCUT2D eigenvalue weighted by molar-refractivity contribution is 5.71. The van der Waals surface area contributed by atoms with Gasteiger partial charge in [-0.05, 0) is 92.9 Å². The van der Waals surface area contributed by atoms with E-state index in [2.05, 4.69) is 9.80 Å². The average molecular weight is 628 g/mol. The van der Waals surface area contributed by atoms with Gasteiger partial charge in [-0.1, -0.05) is 26.0 Å². The first-order valence-electron chi connectivity index (χ1n) is 16.6. The van der Waals surface area contributed by atoms with Gasteiger partial charge in [0.15, 0.2) is 0 Å². The number of cyclic esters (lactones) is 1. The molecule has 6 rings (SSSR count). The molecule has 5 aliphatic rings. The number of likely N-dealkylation sites (N-methyl/N-ethyl adjacent to an activating group) is 1. The van der Waals surface area contributed by atoms with Crippen LogP contribution < -0.4 is 4.90 Å². The van der Waals surface area contributed by atoms with Crippen LogP contribution in [0.25, 0.3) is 6.08 Å². The Kier molecular flexibility index (Phi) is 11.2. The van der Waals surface area contributed by atoms with Crippen LogP contribution in [-0.4, -0.2) is 104 Å². The molecule has 248 valence electrons. The van der Waals surface area contributed by atoms with E-state index in [1.807, 2.05) is 52.1 Å². The SMILES string of the molecule is C/C(=C\c1cc(F)cc(N2CCOCC2)c1)[C@H]1OC(=O)C[C@H](O)CC[C@H](C)[C@@H](OC(=O)N(C)C2CN3CCC2CC3)/C=C/[C@@H]1C. The van der Waals surface area contributed by atoms with E-state index in [0.29, 0.717) is 50.6 Å². The molecule has 9 nitrogen and oxygen atoms in total. The topological polar surface area (TPSA) is 91.8 Å². The maximum Gasteiger partial charge on any atom is 0.410 e. The van der Waals surface area contributed by atoms with Crippen molar-refractivity contribution in [2.24, 2.45) is 17.8 Å². The highest BCUT2D eigenvalue weighted by atomic mass is 19.1. The molecule has 0 aliphatic carbocycles. The first-order chi connectivity index (χ1) is 21.6. The lowest BCUT2D eigenvalue weighted by Gasteiger charge is -2.47. The molecule has 4 saturated heterocycles. The number of carbonyl (C=O) groups is 2. The molecule has 10 heteroatoms. The zero-order valence-electron chi connectivity index (χ0n) is 27.2. The van der Waals surface area contributed by atoms with Crippen molar-refractivity contribution in [3.63, 3.8) is 0 Å². The minimum Gasteiger partial charge on any atom is -0.457 e. The first-order valence-corrected chi connectivity index (χ1v) is 16.6. The molecule has 0 aromatic heterocycles. The molecule has 1 amide bonds. The molecular weight excluding hydrogens is 577 g/mol. The number of benzene rings is 1. The Morgan fingerprint density at radius 1 is 1.07 bits per heavy atom. The van der Waals surface area contributed by atoms with Crippen molar-refractivity contribution in [2.75, 3.05) is 57.9 Å². The van der Waals surface area contributed by atoms with E-state index in [4.69, 9.17) is 14.2 Å². The first kappa shape index (κ1) is 33.4. The molecule has 5 aliphatic heterocycles. The van der Waals surface area contributed by atoms with E-state index in [0.717, 1.165) is 43.7 Å². The minimum atomic E-state index is -0.867. The minimum absolute atomic E-state index is 0.0663. The second kappa shape index (κ2) is 15.1. The van der Waals surface area contributed by atoms with Gasteiger partial charge in [-0.2, -0.15) is 0 Å². The maximum atomic E-state index is 14.7.